The van der Waals surface area contributed by atoms with Gasteiger partial charge in [0.15, 0.2) is 0 Å². The summed E-state index contributed by atoms with van der Waals surface area (Å²) in [4.78, 5) is 4.68. The quantitative estimate of drug-likeness (QED) is 0.849. The molecular weight excluding hydrogens is 268 g/mol. The van der Waals surface area contributed by atoms with E-state index in [0.717, 1.165) is 11.0 Å². The molecule has 0 saturated carbocycles. The number of aromatic nitrogens is 5. The molecule has 0 aliphatic carbocycles. The number of anilines is 1. The second-order valence-corrected chi connectivity index (χ2v) is 5.07. The van der Waals surface area contributed by atoms with Crippen molar-refractivity contribution < 1.29 is 8.42 Å². The van der Waals surface area contributed by atoms with E-state index in [2.05, 4.69) is 25.1 Å². The van der Waals surface area contributed by atoms with Crippen LogP contribution in [0.15, 0.2) is 23.4 Å². The Kier molecular flexibility index (Phi) is 2.94. The van der Waals surface area contributed by atoms with Crippen molar-refractivity contribution in [2.24, 2.45) is 7.05 Å². The van der Waals surface area contributed by atoms with Gasteiger partial charge in [-0.25, -0.2) is 13.1 Å². The summed E-state index contributed by atoms with van der Waals surface area (Å²) in [5, 5.41) is 10.8. The number of pyridine rings is 1. The highest BCUT2D eigenvalue weighted by Gasteiger charge is 2.20. The van der Waals surface area contributed by atoms with Crippen LogP contribution in [-0.2, 0) is 17.1 Å². The number of tetrazole rings is 1. The van der Waals surface area contributed by atoms with Crippen LogP contribution >= 0.6 is 11.6 Å². The molecule has 0 bridgehead atoms. The van der Waals surface area contributed by atoms with Crippen LogP contribution in [0, 0.1) is 0 Å². The maximum absolute atomic E-state index is 11.9. The molecule has 0 unspecified atom stereocenters. The highest BCUT2D eigenvalue weighted by atomic mass is 35.5. The van der Waals surface area contributed by atoms with Crippen LogP contribution < -0.4 is 4.72 Å². The molecule has 2 aromatic rings. The summed E-state index contributed by atoms with van der Waals surface area (Å²) in [7, 11) is -2.34. The van der Waals surface area contributed by atoms with Gasteiger partial charge in [-0.3, -0.25) is 4.98 Å². The topological polar surface area (TPSA) is 103 Å². The molecule has 0 spiro atoms. The maximum Gasteiger partial charge on any atom is 0.277 e. The standard InChI is InChI=1S/C7H7ClN6O2S/c1-14-11-7(10-13-14)12-17(15,16)6-4-9-3-2-5(6)8/h2-4H,1H3,(H,11,12). The summed E-state index contributed by atoms with van der Waals surface area (Å²) in [5.74, 6) is -0.132. The zero-order valence-electron chi connectivity index (χ0n) is 8.57. The Morgan fingerprint density at radius 2 is 2.24 bits per heavy atom. The summed E-state index contributed by atoms with van der Waals surface area (Å²) in [6.07, 6.45) is 2.53. The number of hydrogen-bond donors (Lipinski definition) is 1. The SMILES string of the molecule is Cn1nnc(NS(=O)(=O)c2cnccc2Cl)n1. The third kappa shape index (κ3) is 2.50. The third-order valence-corrected chi connectivity index (χ3v) is 3.55. The fourth-order valence-electron chi connectivity index (χ4n) is 1.06. The molecule has 0 atom stereocenters. The van der Waals surface area contributed by atoms with Crippen LogP contribution in [0.25, 0.3) is 0 Å². The lowest BCUT2D eigenvalue weighted by Gasteiger charge is -2.04. The molecule has 0 radical (unpaired) electrons. The summed E-state index contributed by atoms with van der Waals surface area (Å²) in [5.41, 5.74) is 0. The zero-order chi connectivity index (χ0) is 12.5. The molecular formula is C7H7ClN6O2S. The van der Waals surface area contributed by atoms with Gasteiger partial charge in [-0.2, -0.15) is 4.80 Å². The van der Waals surface area contributed by atoms with Crippen LogP contribution in [0.1, 0.15) is 0 Å². The predicted molar refractivity (Wildman–Crippen MR) is 58.9 cm³/mol. The smallest absolute Gasteiger partial charge is 0.263 e. The van der Waals surface area contributed by atoms with Gasteiger partial charge in [-0.15, -0.1) is 5.10 Å². The normalized spacial score (nSPS) is 11.4. The van der Waals surface area contributed by atoms with Crippen molar-refractivity contribution in [1.82, 2.24) is 25.2 Å². The second kappa shape index (κ2) is 4.26. The van der Waals surface area contributed by atoms with Crippen molar-refractivity contribution in [2.75, 3.05) is 4.72 Å². The number of nitrogens with zero attached hydrogens (tertiary/aromatic N) is 5. The molecule has 17 heavy (non-hydrogen) atoms. The van der Waals surface area contributed by atoms with Crippen LogP contribution in [0.3, 0.4) is 0 Å². The van der Waals surface area contributed by atoms with Crippen molar-refractivity contribution in [3.63, 3.8) is 0 Å². The highest BCUT2D eigenvalue weighted by molar-refractivity contribution is 7.92. The monoisotopic (exact) mass is 274 g/mol. The summed E-state index contributed by atoms with van der Waals surface area (Å²) in [6.45, 7) is 0. The predicted octanol–water partition coefficient (Wildman–Crippen LogP) is 0.0593. The molecule has 0 amide bonds. The van der Waals surface area contributed by atoms with E-state index in [1.54, 1.807) is 0 Å². The number of aryl methyl sites for hydroxylation is 1. The second-order valence-electron chi connectivity index (χ2n) is 3.01. The maximum atomic E-state index is 11.9. The lowest BCUT2D eigenvalue weighted by Crippen LogP contribution is -2.15. The minimum absolute atomic E-state index is 0.0661. The Balaban J connectivity index is 2.35. The minimum atomic E-state index is -3.85. The third-order valence-electron chi connectivity index (χ3n) is 1.76. The minimum Gasteiger partial charge on any atom is -0.263 e. The van der Waals surface area contributed by atoms with Crippen molar-refractivity contribution in [1.29, 1.82) is 0 Å². The molecule has 2 rings (SSSR count). The largest absolute Gasteiger partial charge is 0.277 e. The molecule has 1 N–H and O–H groups in total. The van der Waals surface area contributed by atoms with E-state index in [-0.39, 0.29) is 15.9 Å². The van der Waals surface area contributed by atoms with Gasteiger partial charge in [-0.1, -0.05) is 16.7 Å². The van der Waals surface area contributed by atoms with E-state index in [1.807, 2.05) is 0 Å². The highest BCUT2D eigenvalue weighted by Crippen LogP contribution is 2.20. The van der Waals surface area contributed by atoms with Crippen molar-refractivity contribution in [2.45, 2.75) is 4.90 Å². The number of halogens is 1. The van der Waals surface area contributed by atoms with E-state index >= 15 is 0 Å². The Hall–Kier alpha value is -1.74. The molecule has 2 aromatic heterocycles. The molecule has 0 aliphatic rings. The van der Waals surface area contributed by atoms with E-state index in [9.17, 15) is 8.42 Å². The van der Waals surface area contributed by atoms with Crippen molar-refractivity contribution >= 4 is 27.6 Å². The van der Waals surface area contributed by atoms with Gasteiger partial charge >= 0.3 is 0 Å². The Morgan fingerprint density at radius 3 is 2.82 bits per heavy atom. The fraction of sp³-hybridized carbons (Fsp3) is 0.143. The molecule has 10 heteroatoms. The first kappa shape index (κ1) is 11.7. The molecule has 8 nitrogen and oxygen atoms in total. The van der Waals surface area contributed by atoms with Crippen molar-refractivity contribution in [3.8, 4) is 0 Å². The summed E-state index contributed by atoms with van der Waals surface area (Å²) in [6, 6.07) is 1.38. The first-order valence-corrected chi connectivity index (χ1v) is 6.21. The van der Waals surface area contributed by atoms with Gasteiger partial charge in [0.2, 0.25) is 0 Å². The van der Waals surface area contributed by atoms with E-state index in [0.29, 0.717) is 0 Å². The summed E-state index contributed by atoms with van der Waals surface area (Å²) >= 11 is 5.76. The Bertz CT molecular complexity index is 639. The van der Waals surface area contributed by atoms with Crippen LogP contribution in [0.4, 0.5) is 5.95 Å². The Labute approximate surface area is 102 Å². The molecule has 0 aromatic carbocycles. The summed E-state index contributed by atoms with van der Waals surface area (Å²) < 4.78 is 25.9. The van der Waals surface area contributed by atoms with Crippen LogP contribution in [0.2, 0.25) is 5.02 Å². The number of nitrogens with one attached hydrogen (secondary N) is 1. The van der Waals surface area contributed by atoms with Gasteiger partial charge in [0, 0.05) is 12.4 Å². The van der Waals surface area contributed by atoms with Gasteiger partial charge in [-0.05, 0) is 11.3 Å². The van der Waals surface area contributed by atoms with E-state index in [1.165, 1.54) is 19.3 Å². The first-order valence-electron chi connectivity index (χ1n) is 4.35. The van der Waals surface area contributed by atoms with E-state index < -0.39 is 10.0 Å². The van der Waals surface area contributed by atoms with Gasteiger partial charge in [0.05, 0.1) is 12.1 Å². The number of rotatable bonds is 3. The first-order chi connectivity index (χ1) is 7.99. The van der Waals surface area contributed by atoms with Gasteiger partial charge in [0.25, 0.3) is 16.0 Å². The number of sulfonamides is 1. The average Bonchev–Trinajstić information content (AvgIpc) is 2.63. The van der Waals surface area contributed by atoms with E-state index in [4.69, 9.17) is 11.6 Å². The van der Waals surface area contributed by atoms with Gasteiger partial charge < -0.3 is 0 Å². The number of hydrogen-bond acceptors (Lipinski definition) is 6. The van der Waals surface area contributed by atoms with Crippen molar-refractivity contribution in [3.05, 3.63) is 23.5 Å². The lowest BCUT2D eigenvalue weighted by molar-refractivity contribution is 0.600. The molecule has 0 saturated heterocycles. The molecule has 0 fully saturated rings. The van der Waals surface area contributed by atoms with Crippen LogP contribution in [-0.4, -0.2) is 33.6 Å². The van der Waals surface area contributed by atoms with Gasteiger partial charge in [0.1, 0.15) is 4.90 Å². The van der Waals surface area contributed by atoms with Crippen LogP contribution in [0.5, 0.6) is 0 Å². The molecule has 2 heterocycles. The zero-order valence-corrected chi connectivity index (χ0v) is 10.1. The molecule has 90 valence electrons. The lowest BCUT2D eigenvalue weighted by atomic mass is 10.5. The Morgan fingerprint density at radius 1 is 1.47 bits per heavy atom. The average molecular weight is 275 g/mol. The fourth-order valence-corrected chi connectivity index (χ4v) is 2.43. The molecule has 0 aliphatic heterocycles.